The monoisotopic (exact) mass is 354 g/mol. The molecule has 0 saturated carbocycles. The Morgan fingerprint density at radius 2 is 1.88 bits per heavy atom. The fourth-order valence-electron chi connectivity index (χ4n) is 2.22. The standard InChI is InChI=1S/C18H12ClFN4O/c19-16-11-24(10-13-3-7-15(20)8-4-13)23-17(16)22-18(25)14-5-1-12(9-21)2-6-14/h1-8,11H,10H2,(H,22,23,25). The first-order valence-electron chi connectivity index (χ1n) is 7.34. The van der Waals surface area contributed by atoms with Crippen molar-refractivity contribution in [1.82, 2.24) is 9.78 Å². The summed E-state index contributed by atoms with van der Waals surface area (Å²) in [5.41, 5.74) is 1.71. The average molecular weight is 355 g/mol. The molecule has 0 aliphatic rings. The van der Waals surface area contributed by atoms with E-state index < -0.39 is 0 Å². The Kier molecular flexibility index (Phi) is 4.78. The van der Waals surface area contributed by atoms with Crippen LogP contribution in [0.2, 0.25) is 5.02 Å². The highest BCUT2D eigenvalue weighted by Crippen LogP contribution is 2.21. The largest absolute Gasteiger partial charge is 0.304 e. The molecule has 2 aromatic carbocycles. The highest BCUT2D eigenvalue weighted by Gasteiger charge is 2.12. The number of halogens is 2. The van der Waals surface area contributed by atoms with Gasteiger partial charge in [-0.05, 0) is 42.0 Å². The van der Waals surface area contributed by atoms with Gasteiger partial charge in [-0.15, -0.1) is 0 Å². The molecule has 1 N–H and O–H groups in total. The van der Waals surface area contributed by atoms with Gasteiger partial charge in [-0.3, -0.25) is 9.48 Å². The van der Waals surface area contributed by atoms with Gasteiger partial charge in [-0.2, -0.15) is 10.4 Å². The van der Waals surface area contributed by atoms with Crippen molar-refractivity contribution < 1.29 is 9.18 Å². The van der Waals surface area contributed by atoms with Gasteiger partial charge < -0.3 is 5.32 Å². The number of carbonyl (C=O) groups is 1. The molecule has 0 bridgehead atoms. The zero-order chi connectivity index (χ0) is 17.8. The maximum Gasteiger partial charge on any atom is 0.256 e. The van der Waals surface area contributed by atoms with Gasteiger partial charge in [0, 0.05) is 11.8 Å². The Bertz CT molecular complexity index is 943. The summed E-state index contributed by atoms with van der Waals surface area (Å²) in [4.78, 5) is 12.2. The molecule has 0 spiro atoms. The van der Waals surface area contributed by atoms with Crippen molar-refractivity contribution in [1.29, 1.82) is 5.26 Å². The van der Waals surface area contributed by atoms with E-state index in [2.05, 4.69) is 10.4 Å². The lowest BCUT2D eigenvalue weighted by Gasteiger charge is -2.03. The van der Waals surface area contributed by atoms with Crippen molar-refractivity contribution in [2.45, 2.75) is 6.54 Å². The maximum absolute atomic E-state index is 12.9. The molecule has 0 aliphatic heterocycles. The summed E-state index contributed by atoms with van der Waals surface area (Å²) in [5, 5.41) is 15.9. The third-order valence-corrected chi connectivity index (χ3v) is 3.76. The van der Waals surface area contributed by atoms with E-state index in [0.717, 1.165) is 5.56 Å². The molecule has 0 fully saturated rings. The van der Waals surface area contributed by atoms with Crippen LogP contribution in [0.4, 0.5) is 10.2 Å². The number of hydrogen-bond acceptors (Lipinski definition) is 3. The number of carbonyl (C=O) groups excluding carboxylic acids is 1. The third-order valence-electron chi connectivity index (χ3n) is 3.48. The Morgan fingerprint density at radius 3 is 2.52 bits per heavy atom. The van der Waals surface area contributed by atoms with Gasteiger partial charge in [0.1, 0.15) is 10.8 Å². The normalized spacial score (nSPS) is 10.3. The summed E-state index contributed by atoms with van der Waals surface area (Å²) in [6, 6.07) is 14.3. The van der Waals surface area contributed by atoms with Crippen molar-refractivity contribution in [2.24, 2.45) is 0 Å². The molecule has 0 radical (unpaired) electrons. The van der Waals surface area contributed by atoms with E-state index in [1.54, 1.807) is 47.3 Å². The molecule has 3 aromatic rings. The van der Waals surface area contributed by atoms with E-state index in [1.807, 2.05) is 6.07 Å². The number of nitriles is 1. The average Bonchev–Trinajstić information content (AvgIpc) is 2.96. The predicted molar refractivity (Wildman–Crippen MR) is 91.8 cm³/mol. The summed E-state index contributed by atoms with van der Waals surface area (Å²) >= 11 is 6.11. The molecule has 124 valence electrons. The molecule has 0 saturated heterocycles. The predicted octanol–water partition coefficient (Wildman–Crippen LogP) is 3.85. The lowest BCUT2D eigenvalue weighted by atomic mass is 10.1. The number of anilines is 1. The highest BCUT2D eigenvalue weighted by atomic mass is 35.5. The number of benzene rings is 2. The van der Waals surface area contributed by atoms with Gasteiger partial charge in [-0.25, -0.2) is 4.39 Å². The minimum atomic E-state index is -0.376. The summed E-state index contributed by atoms with van der Waals surface area (Å²) in [6.07, 6.45) is 1.58. The van der Waals surface area contributed by atoms with Gasteiger partial charge in [0.2, 0.25) is 0 Å². The zero-order valence-electron chi connectivity index (χ0n) is 12.9. The fraction of sp³-hybridized carbons (Fsp3) is 0.0556. The molecule has 5 nitrogen and oxygen atoms in total. The van der Waals surface area contributed by atoms with Crippen LogP contribution in [0.3, 0.4) is 0 Å². The molecule has 1 heterocycles. The Morgan fingerprint density at radius 1 is 1.20 bits per heavy atom. The Balaban J connectivity index is 1.72. The van der Waals surface area contributed by atoms with Gasteiger partial charge in [0.25, 0.3) is 5.91 Å². The zero-order valence-corrected chi connectivity index (χ0v) is 13.7. The van der Waals surface area contributed by atoms with Crippen LogP contribution in [0, 0.1) is 17.1 Å². The van der Waals surface area contributed by atoms with Crippen molar-refractivity contribution in [3.8, 4) is 6.07 Å². The second-order valence-corrected chi connectivity index (χ2v) is 5.70. The van der Waals surface area contributed by atoms with E-state index in [1.165, 1.54) is 12.1 Å². The van der Waals surface area contributed by atoms with Crippen LogP contribution < -0.4 is 5.32 Å². The number of amides is 1. The van der Waals surface area contributed by atoms with E-state index in [0.29, 0.717) is 22.7 Å². The number of aromatic nitrogens is 2. The van der Waals surface area contributed by atoms with Gasteiger partial charge in [0.05, 0.1) is 18.2 Å². The van der Waals surface area contributed by atoms with Crippen LogP contribution in [0.25, 0.3) is 0 Å². The van der Waals surface area contributed by atoms with Crippen molar-refractivity contribution in [3.05, 3.63) is 82.3 Å². The summed E-state index contributed by atoms with van der Waals surface area (Å²) in [5.74, 6) is -0.450. The molecule has 1 amide bonds. The molecule has 25 heavy (non-hydrogen) atoms. The third kappa shape index (κ3) is 4.03. The Labute approximate surface area is 148 Å². The first kappa shape index (κ1) is 16.7. The first-order valence-corrected chi connectivity index (χ1v) is 7.72. The Hall–Kier alpha value is -3.17. The molecule has 0 unspecified atom stereocenters. The molecular weight excluding hydrogens is 343 g/mol. The summed E-state index contributed by atoms with van der Waals surface area (Å²) < 4.78 is 14.5. The molecular formula is C18H12ClFN4O. The number of nitrogens with zero attached hydrogens (tertiary/aromatic N) is 3. The maximum atomic E-state index is 12.9. The lowest BCUT2D eigenvalue weighted by molar-refractivity contribution is 0.102. The summed E-state index contributed by atoms with van der Waals surface area (Å²) in [6.45, 7) is 0.396. The van der Waals surface area contributed by atoms with Crippen LogP contribution in [0.1, 0.15) is 21.5 Å². The minimum Gasteiger partial charge on any atom is -0.304 e. The SMILES string of the molecule is N#Cc1ccc(C(=O)Nc2nn(Cc3ccc(F)cc3)cc2Cl)cc1. The van der Waals surface area contributed by atoms with Crippen molar-refractivity contribution >= 4 is 23.3 Å². The van der Waals surface area contributed by atoms with Crippen LogP contribution in [0.15, 0.2) is 54.7 Å². The summed E-state index contributed by atoms with van der Waals surface area (Å²) in [7, 11) is 0. The van der Waals surface area contributed by atoms with Gasteiger partial charge in [0.15, 0.2) is 5.82 Å². The molecule has 3 rings (SSSR count). The van der Waals surface area contributed by atoms with E-state index >= 15 is 0 Å². The van der Waals surface area contributed by atoms with Crippen LogP contribution >= 0.6 is 11.6 Å². The topological polar surface area (TPSA) is 70.7 Å². The smallest absolute Gasteiger partial charge is 0.256 e. The molecule has 1 aromatic heterocycles. The molecule has 0 aliphatic carbocycles. The second-order valence-electron chi connectivity index (χ2n) is 5.29. The number of hydrogen-bond donors (Lipinski definition) is 1. The van der Waals surface area contributed by atoms with Crippen molar-refractivity contribution in [2.75, 3.05) is 5.32 Å². The van der Waals surface area contributed by atoms with E-state index in [-0.39, 0.29) is 17.5 Å². The number of nitrogens with one attached hydrogen (secondary N) is 1. The van der Waals surface area contributed by atoms with Gasteiger partial charge >= 0.3 is 0 Å². The number of rotatable bonds is 4. The second kappa shape index (κ2) is 7.16. The minimum absolute atomic E-state index is 0.234. The molecule has 7 heteroatoms. The quantitative estimate of drug-likeness (QED) is 0.773. The van der Waals surface area contributed by atoms with E-state index in [9.17, 15) is 9.18 Å². The lowest BCUT2D eigenvalue weighted by Crippen LogP contribution is -2.13. The van der Waals surface area contributed by atoms with Gasteiger partial charge in [-0.1, -0.05) is 23.7 Å². The van der Waals surface area contributed by atoms with Crippen LogP contribution in [0.5, 0.6) is 0 Å². The van der Waals surface area contributed by atoms with Crippen molar-refractivity contribution in [3.63, 3.8) is 0 Å². The highest BCUT2D eigenvalue weighted by molar-refractivity contribution is 6.33. The van der Waals surface area contributed by atoms with E-state index in [4.69, 9.17) is 16.9 Å². The van der Waals surface area contributed by atoms with Crippen LogP contribution in [-0.4, -0.2) is 15.7 Å². The molecule has 0 atom stereocenters. The van der Waals surface area contributed by atoms with Crippen LogP contribution in [-0.2, 0) is 6.54 Å². The first-order chi connectivity index (χ1) is 12.0. The fourth-order valence-corrected chi connectivity index (χ4v) is 2.41.